The van der Waals surface area contributed by atoms with Gasteiger partial charge in [0, 0.05) is 0 Å². The van der Waals surface area contributed by atoms with E-state index >= 15 is 0 Å². The summed E-state index contributed by atoms with van der Waals surface area (Å²) in [5.41, 5.74) is 5.44. The Morgan fingerprint density at radius 1 is 1.64 bits per heavy atom. The van der Waals surface area contributed by atoms with E-state index in [1.54, 1.807) is 0 Å². The molecule has 0 amide bonds. The number of nitrogens with two attached hydrogens (primary N) is 1. The molecule has 3 unspecified atom stereocenters. The van der Waals surface area contributed by atoms with E-state index in [0.717, 1.165) is 0 Å². The first-order valence-corrected chi connectivity index (χ1v) is 5.03. The van der Waals surface area contributed by atoms with Crippen LogP contribution in [0.25, 0.3) is 0 Å². The van der Waals surface area contributed by atoms with Crippen molar-refractivity contribution in [3.8, 4) is 0 Å². The van der Waals surface area contributed by atoms with Crippen molar-refractivity contribution in [1.29, 1.82) is 0 Å². The van der Waals surface area contributed by atoms with Crippen LogP contribution in [0, 0.1) is 0 Å². The Bertz CT molecular complexity index is 212. The van der Waals surface area contributed by atoms with Gasteiger partial charge in [-0.05, 0) is 0 Å². The molecule has 84 valence electrons. The lowest BCUT2D eigenvalue weighted by atomic mass is 9.99. The van der Waals surface area contributed by atoms with Crippen LogP contribution in [0.1, 0.15) is 0 Å². The topological polar surface area (TPSA) is 122 Å². The average Bonchev–Trinajstić information content (AvgIpc) is 2.13. The van der Waals surface area contributed by atoms with Crippen molar-refractivity contribution < 1.29 is 27.9 Å². The lowest BCUT2D eigenvalue weighted by molar-refractivity contribution is -0.144. The van der Waals surface area contributed by atoms with Gasteiger partial charge in [-0.1, -0.05) is 0 Å². The van der Waals surface area contributed by atoms with Gasteiger partial charge in [-0.15, -0.1) is 0 Å². The van der Waals surface area contributed by atoms with Crippen molar-refractivity contribution >= 4 is 11.4 Å². The zero-order valence-electron chi connectivity index (χ0n) is 7.28. The van der Waals surface area contributed by atoms with Crippen LogP contribution >= 0.6 is 0 Å². The summed E-state index contributed by atoms with van der Waals surface area (Å²) in [6.07, 6.45) is -3.05. The van der Waals surface area contributed by atoms with Gasteiger partial charge in [-0.3, -0.25) is 8.74 Å². The molecule has 1 rings (SSSR count). The third-order valence-corrected chi connectivity index (χ3v) is 2.40. The Labute approximate surface area is 83.3 Å². The fourth-order valence-corrected chi connectivity index (χ4v) is 1.69. The molecule has 1 heterocycles. The summed E-state index contributed by atoms with van der Waals surface area (Å²) >= 11 is -2.53. The maximum absolute atomic E-state index is 10.4. The normalized spacial score (nSPS) is 40.9. The second kappa shape index (κ2) is 5.12. The lowest BCUT2D eigenvalue weighted by Gasteiger charge is -2.36. The molecule has 0 aromatic rings. The molecular formula is C6H13NO6S. The minimum absolute atomic E-state index is 0.0737. The van der Waals surface area contributed by atoms with E-state index in [0.29, 0.717) is 0 Å². The van der Waals surface area contributed by atoms with E-state index in [9.17, 15) is 9.32 Å². The molecule has 1 aliphatic rings. The molecule has 0 aromatic heterocycles. The third-order valence-electron chi connectivity index (χ3n) is 2.02. The number of rotatable bonds is 3. The zero-order valence-corrected chi connectivity index (χ0v) is 8.09. The van der Waals surface area contributed by atoms with Crippen molar-refractivity contribution in [1.82, 2.24) is 0 Å². The van der Waals surface area contributed by atoms with Crippen LogP contribution in [0.15, 0.2) is 0 Å². The quantitative estimate of drug-likeness (QED) is 0.396. The molecule has 0 aliphatic carbocycles. The van der Waals surface area contributed by atoms with Crippen LogP contribution in [0.5, 0.6) is 0 Å². The standard InChI is InChI=1S/C6H13NO6S/c7-3-2-12-4(1-8)6(5(3)9)13-14(10)11/h3-6,8-9H,1-2,7H2,(H,10,11)/t3?,4?,5-,6+/m1/s1. The molecular weight excluding hydrogens is 214 g/mol. The van der Waals surface area contributed by atoms with Gasteiger partial charge in [0.05, 0.1) is 19.3 Å². The summed E-state index contributed by atoms with van der Waals surface area (Å²) in [6.45, 7) is -0.337. The van der Waals surface area contributed by atoms with Gasteiger partial charge in [0.25, 0.3) is 0 Å². The first kappa shape index (κ1) is 12.0. The molecule has 0 spiro atoms. The Morgan fingerprint density at radius 3 is 2.79 bits per heavy atom. The summed E-state index contributed by atoms with van der Waals surface area (Å²) in [7, 11) is 0. The summed E-state index contributed by atoms with van der Waals surface area (Å²) in [6, 6.07) is -0.689. The van der Waals surface area contributed by atoms with E-state index < -0.39 is 42.3 Å². The van der Waals surface area contributed by atoms with Crippen LogP contribution in [-0.2, 0) is 20.3 Å². The Hall–Kier alpha value is -0.0900. The molecule has 1 saturated heterocycles. The Balaban J connectivity index is 2.66. The molecule has 7 nitrogen and oxygen atoms in total. The van der Waals surface area contributed by atoms with E-state index in [2.05, 4.69) is 4.18 Å². The number of hydrogen-bond donors (Lipinski definition) is 4. The number of aliphatic hydroxyl groups is 2. The van der Waals surface area contributed by atoms with E-state index in [1.165, 1.54) is 0 Å². The van der Waals surface area contributed by atoms with Gasteiger partial charge in [0.2, 0.25) is 0 Å². The van der Waals surface area contributed by atoms with Gasteiger partial charge in [0.15, 0.2) is 0 Å². The van der Waals surface area contributed by atoms with Crippen LogP contribution in [-0.4, -0.2) is 56.5 Å². The lowest BCUT2D eigenvalue weighted by Crippen LogP contribution is -2.58. The van der Waals surface area contributed by atoms with E-state index in [4.69, 9.17) is 20.1 Å². The second-order valence-corrected chi connectivity index (χ2v) is 3.61. The zero-order chi connectivity index (χ0) is 10.7. The first-order valence-electron chi connectivity index (χ1n) is 4.00. The van der Waals surface area contributed by atoms with Crippen molar-refractivity contribution in [2.45, 2.75) is 24.4 Å². The third kappa shape index (κ3) is 2.70. The van der Waals surface area contributed by atoms with Crippen LogP contribution in [0.4, 0.5) is 0 Å². The smallest absolute Gasteiger partial charge is 0.302 e. The first-order chi connectivity index (χ1) is 6.56. The Kier molecular flexibility index (Phi) is 4.38. The highest BCUT2D eigenvalue weighted by Crippen LogP contribution is 2.18. The number of hydrogen-bond acceptors (Lipinski definition) is 6. The fraction of sp³-hybridized carbons (Fsp3) is 1.00. The molecule has 0 aromatic carbocycles. The molecule has 0 bridgehead atoms. The number of ether oxygens (including phenoxy) is 1. The van der Waals surface area contributed by atoms with Crippen LogP contribution < -0.4 is 5.73 Å². The molecule has 5 atom stereocenters. The Morgan fingerprint density at radius 2 is 2.29 bits per heavy atom. The fourth-order valence-electron chi connectivity index (χ4n) is 1.26. The summed E-state index contributed by atoms with van der Waals surface area (Å²) in [5.74, 6) is 0. The van der Waals surface area contributed by atoms with Crippen LogP contribution in [0.3, 0.4) is 0 Å². The average molecular weight is 227 g/mol. The highest BCUT2D eigenvalue weighted by molar-refractivity contribution is 7.74. The molecule has 5 N–H and O–H groups in total. The van der Waals surface area contributed by atoms with Crippen molar-refractivity contribution in [2.24, 2.45) is 5.73 Å². The predicted octanol–water partition coefficient (Wildman–Crippen LogP) is -2.41. The summed E-state index contributed by atoms with van der Waals surface area (Å²) < 4.78 is 28.4. The highest BCUT2D eigenvalue weighted by atomic mass is 32.2. The van der Waals surface area contributed by atoms with Gasteiger partial charge < -0.3 is 20.7 Å². The largest absolute Gasteiger partial charge is 0.394 e. The summed E-state index contributed by atoms with van der Waals surface area (Å²) in [4.78, 5) is 0. The SMILES string of the molecule is NC1COC(CO)[C@H](OS(=O)O)[C@@H]1O. The predicted molar refractivity (Wildman–Crippen MR) is 46.5 cm³/mol. The van der Waals surface area contributed by atoms with E-state index in [1.807, 2.05) is 0 Å². The van der Waals surface area contributed by atoms with Gasteiger partial charge in [-0.2, -0.15) is 4.21 Å². The summed E-state index contributed by atoms with van der Waals surface area (Å²) in [5, 5.41) is 18.3. The van der Waals surface area contributed by atoms with Crippen LogP contribution in [0.2, 0.25) is 0 Å². The van der Waals surface area contributed by atoms with Gasteiger partial charge >= 0.3 is 11.4 Å². The van der Waals surface area contributed by atoms with Gasteiger partial charge in [0.1, 0.15) is 18.3 Å². The highest BCUT2D eigenvalue weighted by Gasteiger charge is 2.39. The van der Waals surface area contributed by atoms with Gasteiger partial charge in [-0.25, -0.2) is 0 Å². The molecule has 1 aliphatic heterocycles. The molecule has 14 heavy (non-hydrogen) atoms. The maximum atomic E-state index is 10.4. The van der Waals surface area contributed by atoms with Crippen molar-refractivity contribution in [3.63, 3.8) is 0 Å². The second-order valence-electron chi connectivity index (χ2n) is 2.99. The molecule has 8 heteroatoms. The minimum atomic E-state index is -2.53. The molecule has 0 radical (unpaired) electrons. The monoisotopic (exact) mass is 227 g/mol. The van der Waals surface area contributed by atoms with Crippen molar-refractivity contribution in [3.05, 3.63) is 0 Å². The minimum Gasteiger partial charge on any atom is -0.394 e. The maximum Gasteiger partial charge on any atom is 0.302 e. The van der Waals surface area contributed by atoms with Crippen molar-refractivity contribution in [2.75, 3.05) is 13.2 Å². The van der Waals surface area contributed by atoms with E-state index in [-0.39, 0.29) is 6.61 Å². The molecule has 0 saturated carbocycles. The number of aliphatic hydroxyl groups excluding tert-OH is 2. The molecule has 1 fully saturated rings.